The summed E-state index contributed by atoms with van der Waals surface area (Å²) in [6, 6.07) is 2.16. The minimum absolute atomic E-state index is 0.176. The molecule has 0 aliphatic rings. The summed E-state index contributed by atoms with van der Waals surface area (Å²) in [5.41, 5.74) is 0.486. The van der Waals surface area contributed by atoms with Crippen molar-refractivity contribution in [3.8, 4) is 5.75 Å². The Hall–Kier alpha value is -1.51. The molecule has 21 heavy (non-hydrogen) atoms. The molecule has 0 fully saturated rings. The van der Waals surface area contributed by atoms with Gasteiger partial charge >= 0.3 is 12.4 Å². The van der Waals surface area contributed by atoms with Gasteiger partial charge in [0.1, 0.15) is 5.75 Å². The van der Waals surface area contributed by atoms with E-state index in [1.807, 2.05) is 6.92 Å². The van der Waals surface area contributed by atoms with Crippen LogP contribution in [0.15, 0.2) is 18.3 Å². The summed E-state index contributed by atoms with van der Waals surface area (Å²) >= 11 is 0. The Kier molecular flexibility index (Phi) is 5.43. The number of ether oxygens (including phenoxy) is 1. The normalized spacial score (nSPS) is 14.3. The van der Waals surface area contributed by atoms with E-state index in [1.54, 1.807) is 6.92 Å². The number of aromatic nitrogens is 1. The number of nitrogens with one attached hydrogen (secondary N) is 1. The van der Waals surface area contributed by atoms with Crippen molar-refractivity contribution in [2.45, 2.75) is 38.3 Å². The lowest BCUT2D eigenvalue weighted by atomic mass is 10.2. The van der Waals surface area contributed by atoms with Gasteiger partial charge in [-0.05, 0) is 25.6 Å². The van der Waals surface area contributed by atoms with Crippen LogP contribution in [-0.4, -0.2) is 30.0 Å². The molecule has 0 saturated carbocycles. The Morgan fingerprint density at radius 1 is 1.14 bits per heavy atom. The van der Waals surface area contributed by atoms with Crippen molar-refractivity contribution in [2.24, 2.45) is 0 Å². The standard InChI is InChI=1S/C12H14F6N2O/c1-3-19-7(2)9-5-4-8(6-20-9)21-10(11(13,14)15)12(16,17)18/h4-7,10,19H,3H2,1-2H3. The summed E-state index contributed by atoms with van der Waals surface area (Å²) < 4.78 is 78.0. The second-order valence-corrected chi connectivity index (χ2v) is 4.28. The van der Waals surface area contributed by atoms with Crippen LogP contribution in [0.5, 0.6) is 5.75 Å². The van der Waals surface area contributed by atoms with E-state index in [4.69, 9.17) is 0 Å². The Morgan fingerprint density at radius 3 is 2.10 bits per heavy atom. The first-order valence-corrected chi connectivity index (χ1v) is 6.05. The van der Waals surface area contributed by atoms with Crippen LogP contribution in [0.2, 0.25) is 0 Å². The quantitative estimate of drug-likeness (QED) is 0.843. The van der Waals surface area contributed by atoms with E-state index in [2.05, 4.69) is 15.0 Å². The average molecular weight is 316 g/mol. The van der Waals surface area contributed by atoms with Crippen molar-refractivity contribution in [1.29, 1.82) is 0 Å². The van der Waals surface area contributed by atoms with Crippen molar-refractivity contribution in [3.05, 3.63) is 24.0 Å². The van der Waals surface area contributed by atoms with Crippen LogP contribution < -0.4 is 10.1 Å². The van der Waals surface area contributed by atoms with Gasteiger partial charge in [-0.1, -0.05) is 6.92 Å². The van der Waals surface area contributed by atoms with Crippen LogP contribution in [0.3, 0.4) is 0 Å². The van der Waals surface area contributed by atoms with E-state index in [9.17, 15) is 26.3 Å². The minimum atomic E-state index is -5.55. The molecule has 1 atom stereocenters. The molecule has 0 saturated heterocycles. The van der Waals surface area contributed by atoms with Crippen molar-refractivity contribution in [2.75, 3.05) is 6.54 Å². The predicted molar refractivity (Wildman–Crippen MR) is 62.9 cm³/mol. The molecule has 0 radical (unpaired) electrons. The highest BCUT2D eigenvalue weighted by molar-refractivity contribution is 5.22. The first-order chi connectivity index (χ1) is 9.55. The van der Waals surface area contributed by atoms with Gasteiger partial charge in [0.2, 0.25) is 0 Å². The zero-order valence-corrected chi connectivity index (χ0v) is 11.2. The molecule has 1 aromatic rings. The Balaban J connectivity index is 2.87. The van der Waals surface area contributed by atoms with Crippen molar-refractivity contribution in [3.63, 3.8) is 0 Å². The van der Waals surface area contributed by atoms with Gasteiger partial charge in [-0.2, -0.15) is 26.3 Å². The van der Waals surface area contributed by atoms with Gasteiger partial charge in [-0.15, -0.1) is 0 Å². The summed E-state index contributed by atoms with van der Waals surface area (Å²) in [5, 5.41) is 3.01. The largest absolute Gasteiger partial charge is 0.470 e. The van der Waals surface area contributed by atoms with E-state index < -0.39 is 24.2 Å². The fourth-order valence-electron chi connectivity index (χ4n) is 1.58. The monoisotopic (exact) mass is 316 g/mol. The molecule has 1 aromatic heterocycles. The molecule has 3 nitrogen and oxygen atoms in total. The van der Waals surface area contributed by atoms with Gasteiger partial charge in [0.15, 0.2) is 0 Å². The highest BCUT2D eigenvalue weighted by Gasteiger charge is 2.59. The summed E-state index contributed by atoms with van der Waals surface area (Å²) in [7, 11) is 0. The molecule has 1 unspecified atom stereocenters. The molecular formula is C12H14F6N2O. The lowest BCUT2D eigenvalue weighted by molar-refractivity contribution is -0.299. The molecular weight excluding hydrogens is 302 g/mol. The van der Waals surface area contributed by atoms with E-state index in [-0.39, 0.29) is 6.04 Å². The SMILES string of the molecule is CCNC(C)c1ccc(OC(C(F)(F)F)C(F)(F)F)cn1. The molecule has 1 rings (SSSR count). The topological polar surface area (TPSA) is 34.1 Å². The molecule has 0 spiro atoms. The summed E-state index contributed by atoms with van der Waals surface area (Å²) in [5.74, 6) is -0.595. The first kappa shape index (κ1) is 17.5. The maximum Gasteiger partial charge on any atom is 0.434 e. The second-order valence-electron chi connectivity index (χ2n) is 4.28. The molecule has 0 aliphatic heterocycles. The molecule has 9 heteroatoms. The fraction of sp³-hybridized carbons (Fsp3) is 0.583. The highest BCUT2D eigenvalue weighted by Crippen LogP contribution is 2.36. The van der Waals surface area contributed by atoms with Crippen molar-refractivity contribution < 1.29 is 31.1 Å². The number of halogens is 6. The van der Waals surface area contributed by atoms with Crippen molar-refractivity contribution in [1.82, 2.24) is 10.3 Å². The maximum atomic E-state index is 12.3. The van der Waals surface area contributed by atoms with Crippen molar-refractivity contribution >= 4 is 0 Å². The van der Waals surface area contributed by atoms with Crippen LogP contribution in [-0.2, 0) is 0 Å². The molecule has 1 N–H and O–H groups in total. The van der Waals surface area contributed by atoms with Gasteiger partial charge in [-0.25, -0.2) is 0 Å². The third kappa shape index (κ3) is 5.07. The molecule has 0 aromatic carbocycles. The van der Waals surface area contributed by atoms with Crippen LogP contribution in [0.25, 0.3) is 0 Å². The Bertz CT molecular complexity index is 429. The predicted octanol–water partition coefficient (Wildman–Crippen LogP) is 3.62. The summed E-state index contributed by atoms with van der Waals surface area (Å²) in [4.78, 5) is 3.79. The number of pyridine rings is 1. The van der Waals surface area contributed by atoms with E-state index in [1.165, 1.54) is 6.07 Å². The van der Waals surface area contributed by atoms with E-state index >= 15 is 0 Å². The fourth-order valence-corrected chi connectivity index (χ4v) is 1.58. The molecule has 0 amide bonds. The van der Waals surface area contributed by atoms with Gasteiger partial charge in [-0.3, -0.25) is 4.98 Å². The van der Waals surface area contributed by atoms with Crippen LogP contribution in [0.4, 0.5) is 26.3 Å². The van der Waals surface area contributed by atoms with E-state index in [0.29, 0.717) is 12.2 Å². The zero-order valence-electron chi connectivity index (χ0n) is 11.2. The van der Waals surface area contributed by atoms with Gasteiger partial charge in [0.05, 0.1) is 11.9 Å². The Labute approximate surface area is 117 Å². The lowest BCUT2D eigenvalue weighted by Gasteiger charge is -2.23. The third-order valence-corrected chi connectivity index (χ3v) is 2.56. The number of hydrogen-bond acceptors (Lipinski definition) is 3. The van der Waals surface area contributed by atoms with Crippen LogP contribution in [0.1, 0.15) is 25.6 Å². The average Bonchev–Trinajstić information content (AvgIpc) is 2.34. The molecule has 0 aliphatic carbocycles. The zero-order chi connectivity index (χ0) is 16.3. The summed E-state index contributed by atoms with van der Waals surface area (Å²) in [6.07, 6.45) is -14.1. The molecule has 0 bridgehead atoms. The minimum Gasteiger partial charge on any atom is -0.470 e. The van der Waals surface area contributed by atoms with Gasteiger partial charge in [0.25, 0.3) is 6.10 Å². The maximum absolute atomic E-state index is 12.3. The van der Waals surface area contributed by atoms with Gasteiger partial charge in [0, 0.05) is 6.04 Å². The third-order valence-electron chi connectivity index (χ3n) is 2.56. The van der Waals surface area contributed by atoms with Crippen LogP contribution in [0, 0.1) is 0 Å². The molecule has 1 heterocycles. The molecule has 120 valence electrons. The van der Waals surface area contributed by atoms with E-state index in [0.717, 1.165) is 12.3 Å². The van der Waals surface area contributed by atoms with Gasteiger partial charge < -0.3 is 10.1 Å². The lowest BCUT2D eigenvalue weighted by Crippen LogP contribution is -2.46. The number of alkyl halides is 6. The highest BCUT2D eigenvalue weighted by atomic mass is 19.4. The second kappa shape index (κ2) is 6.50. The number of hydrogen-bond donors (Lipinski definition) is 1. The smallest absolute Gasteiger partial charge is 0.434 e. The number of rotatable bonds is 5. The van der Waals surface area contributed by atoms with Crippen LogP contribution >= 0.6 is 0 Å². The number of nitrogens with zero attached hydrogens (tertiary/aromatic N) is 1. The Morgan fingerprint density at radius 2 is 1.71 bits per heavy atom. The summed E-state index contributed by atoms with van der Waals surface area (Å²) in [6.45, 7) is 4.26. The first-order valence-electron chi connectivity index (χ1n) is 6.05.